The number of thiophene rings is 1. The zero-order chi connectivity index (χ0) is 21.5. The Hall–Kier alpha value is -3.29. The number of hydrogen-bond donors (Lipinski definition) is 0. The van der Waals surface area contributed by atoms with Crippen molar-refractivity contribution in [3.8, 4) is 22.8 Å². The minimum absolute atomic E-state index is 0.0698. The van der Waals surface area contributed by atoms with E-state index in [0.29, 0.717) is 42.5 Å². The van der Waals surface area contributed by atoms with Crippen molar-refractivity contribution >= 4 is 17.2 Å². The first-order valence-electron chi connectivity index (χ1n) is 10.1. The van der Waals surface area contributed by atoms with Crippen LogP contribution in [-0.4, -0.2) is 41.2 Å². The van der Waals surface area contributed by atoms with Crippen molar-refractivity contribution in [2.24, 2.45) is 0 Å². The Bertz CT molecular complexity index is 1110. The van der Waals surface area contributed by atoms with Gasteiger partial charge in [0.25, 0.3) is 11.8 Å². The van der Waals surface area contributed by atoms with Crippen molar-refractivity contribution in [1.29, 1.82) is 0 Å². The molecule has 0 N–H and O–H groups in total. The van der Waals surface area contributed by atoms with Crippen molar-refractivity contribution in [3.05, 3.63) is 82.6 Å². The number of hydrogen-bond acceptors (Lipinski definition) is 6. The molecule has 0 unspecified atom stereocenters. The van der Waals surface area contributed by atoms with Crippen LogP contribution in [0.4, 0.5) is 0 Å². The normalized spacial score (nSPS) is 10.9. The van der Waals surface area contributed by atoms with Gasteiger partial charge >= 0.3 is 0 Å². The van der Waals surface area contributed by atoms with E-state index in [-0.39, 0.29) is 5.91 Å². The van der Waals surface area contributed by atoms with E-state index in [4.69, 9.17) is 9.26 Å². The predicted molar refractivity (Wildman–Crippen MR) is 121 cm³/mol. The number of rotatable bonds is 9. The molecule has 0 aliphatic carbocycles. The van der Waals surface area contributed by atoms with Gasteiger partial charge in [-0.1, -0.05) is 53.7 Å². The molecule has 0 saturated carbocycles. The summed E-state index contributed by atoms with van der Waals surface area (Å²) in [5.74, 6) is 0.753. The lowest BCUT2D eigenvalue weighted by Crippen LogP contribution is -2.32. The molecule has 0 bridgehead atoms. The highest BCUT2D eigenvalue weighted by Crippen LogP contribution is 2.27. The van der Waals surface area contributed by atoms with Crippen molar-refractivity contribution in [1.82, 2.24) is 15.0 Å². The average Bonchev–Trinajstić information content (AvgIpc) is 3.51. The lowest BCUT2D eigenvalue weighted by Gasteiger charge is -2.23. The smallest absolute Gasteiger partial charge is 0.259 e. The number of amides is 1. The number of ether oxygens (including phenoxy) is 1. The van der Waals surface area contributed by atoms with E-state index >= 15 is 0 Å². The molecule has 0 fully saturated rings. The van der Waals surface area contributed by atoms with E-state index in [1.54, 1.807) is 18.4 Å². The van der Waals surface area contributed by atoms with Crippen LogP contribution in [0.2, 0.25) is 0 Å². The van der Waals surface area contributed by atoms with Crippen LogP contribution in [0, 0.1) is 0 Å². The topological polar surface area (TPSA) is 68.5 Å². The van der Waals surface area contributed by atoms with Crippen LogP contribution >= 0.6 is 11.3 Å². The molecule has 2 aromatic heterocycles. The maximum atomic E-state index is 13.5. The summed E-state index contributed by atoms with van der Waals surface area (Å²) in [7, 11) is 1.67. The number of nitrogens with zero attached hydrogens (tertiary/aromatic N) is 3. The summed E-state index contributed by atoms with van der Waals surface area (Å²) in [6, 6.07) is 21.0. The predicted octanol–water partition coefficient (Wildman–Crippen LogP) is 5.14. The fourth-order valence-corrected chi connectivity index (χ4v) is 4.03. The molecule has 0 radical (unpaired) electrons. The maximum absolute atomic E-state index is 13.5. The molecule has 6 nitrogen and oxygen atoms in total. The fourth-order valence-electron chi connectivity index (χ4n) is 3.31. The van der Waals surface area contributed by atoms with Gasteiger partial charge in [-0.15, -0.1) is 11.3 Å². The van der Waals surface area contributed by atoms with Crippen LogP contribution in [0.1, 0.15) is 21.7 Å². The molecule has 158 valence electrons. The Morgan fingerprint density at radius 1 is 1.06 bits per heavy atom. The molecule has 7 heteroatoms. The van der Waals surface area contributed by atoms with Gasteiger partial charge in [-0.3, -0.25) is 4.79 Å². The Morgan fingerprint density at radius 3 is 2.65 bits per heavy atom. The fraction of sp³-hybridized carbons (Fsp3) is 0.208. The highest BCUT2D eigenvalue weighted by atomic mass is 32.1. The minimum atomic E-state index is -0.0698. The van der Waals surface area contributed by atoms with E-state index < -0.39 is 0 Å². The molecular weight excluding hydrogens is 410 g/mol. The first-order valence-corrected chi connectivity index (χ1v) is 10.9. The molecule has 0 saturated heterocycles. The number of carbonyl (C=O) groups excluding carboxylic acids is 1. The Morgan fingerprint density at radius 2 is 1.87 bits per heavy atom. The number of aromatic nitrogens is 2. The third-order valence-corrected chi connectivity index (χ3v) is 5.70. The van der Waals surface area contributed by atoms with Gasteiger partial charge in [0, 0.05) is 30.7 Å². The molecule has 4 aromatic rings. The molecule has 31 heavy (non-hydrogen) atoms. The minimum Gasteiger partial charge on any atom is -0.385 e. The number of benzene rings is 2. The van der Waals surface area contributed by atoms with Crippen LogP contribution in [-0.2, 0) is 11.3 Å². The Kier molecular flexibility index (Phi) is 6.86. The summed E-state index contributed by atoms with van der Waals surface area (Å²) < 4.78 is 10.7. The van der Waals surface area contributed by atoms with Gasteiger partial charge in [0.05, 0.1) is 17.7 Å². The number of methoxy groups -OCH3 is 1. The van der Waals surface area contributed by atoms with Gasteiger partial charge in [0.15, 0.2) is 0 Å². The largest absolute Gasteiger partial charge is 0.385 e. The molecule has 0 spiro atoms. The van der Waals surface area contributed by atoms with Gasteiger partial charge in [-0.2, -0.15) is 4.98 Å². The van der Waals surface area contributed by atoms with Gasteiger partial charge in [0.2, 0.25) is 5.82 Å². The van der Waals surface area contributed by atoms with E-state index in [0.717, 1.165) is 16.9 Å². The second-order valence-corrected chi connectivity index (χ2v) is 8.02. The molecule has 2 aromatic carbocycles. The zero-order valence-corrected chi connectivity index (χ0v) is 18.0. The lowest BCUT2D eigenvalue weighted by molar-refractivity contribution is 0.0726. The first kappa shape index (κ1) is 21.0. The van der Waals surface area contributed by atoms with Gasteiger partial charge in [0.1, 0.15) is 0 Å². The third kappa shape index (κ3) is 5.07. The quantitative estimate of drug-likeness (QED) is 0.342. The molecular formula is C24H23N3O3S. The summed E-state index contributed by atoms with van der Waals surface area (Å²) in [6.07, 6.45) is 0.758. The monoisotopic (exact) mass is 433 g/mol. The molecule has 0 atom stereocenters. The van der Waals surface area contributed by atoms with E-state index in [1.165, 1.54) is 0 Å². The van der Waals surface area contributed by atoms with Crippen LogP contribution in [0.5, 0.6) is 0 Å². The lowest BCUT2D eigenvalue weighted by atomic mass is 10.1. The van der Waals surface area contributed by atoms with Crippen LogP contribution in [0.25, 0.3) is 22.8 Å². The van der Waals surface area contributed by atoms with Crippen LogP contribution in [0.3, 0.4) is 0 Å². The van der Waals surface area contributed by atoms with Crippen LogP contribution < -0.4 is 0 Å². The summed E-state index contributed by atoms with van der Waals surface area (Å²) in [6.45, 7) is 1.74. The molecule has 0 aliphatic heterocycles. The first-order chi connectivity index (χ1) is 15.3. The highest BCUT2D eigenvalue weighted by molar-refractivity contribution is 7.09. The van der Waals surface area contributed by atoms with Gasteiger partial charge in [-0.05, 0) is 30.0 Å². The number of carbonyl (C=O) groups is 1. The van der Waals surface area contributed by atoms with Gasteiger partial charge < -0.3 is 14.2 Å². The SMILES string of the molecule is COCCCN(Cc1cccs1)C(=O)c1ccccc1-c1nc(-c2ccccc2)no1. The van der Waals surface area contributed by atoms with E-state index in [9.17, 15) is 4.79 Å². The Balaban J connectivity index is 1.63. The summed E-state index contributed by atoms with van der Waals surface area (Å²) in [5.41, 5.74) is 2.03. The van der Waals surface area contributed by atoms with Crippen molar-refractivity contribution in [2.75, 3.05) is 20.3 Å². The second-order valence-electron chi connectivity index (χ2n) is 6.99. The standard InChI is InChI=1S/C24H23N3O3S/c1-29-15-8-14-27(17-19-11-7-16-31-19)24(28)21-13-6-5-12-20(21)23-25-22(26-30-23)18-9-3-2-4-10-18/h2-7,9-13,16H,8,14-15,17H2,1H3. The summed E-state index contributed by atoms with van der Waals surface area (Å²) in [5, 5.41) is 6.12. The molecule has 4 rings (SSSR count). The van der Waals surface area contributed by atoms with Crippen molar-refractivity contribution < 1.29 is 14.1 Å². The summed E-state index contributed by atoms with van der Waals surface area (Å²) in [4.78, 5) is 21.1. The summed E-state index contributed by atoms with van der Waals surface area (Å²) >= 11 is 1.64. The molecule has 1 amide bonds. The molecule has 0 aliphatic rings. The van der Waals surface area contributed by atoms with Gasteiger partial charge in [-0.25, -0.2) is 0 Å². The van der Waals surface area contributed by atoms with Crippen molar-refractivity contribution in [3.63, 3.8) is 0 Å². The second kappa shape index (κ2) is 10.1. The highest BCUT2D eigenvalue weighted by Gasteiger charge is 2.22. The van der Waals surface area contributed by atoms with Crippen molar-refractivity contribution in [2.45, 2.75) is 13.0 Å². The average molecular weight is 434 g/mol. The molecule has 2 heterocycles. The van der Waals surface area contributed by atoms with Crippen LogP contribution in [0.15, 0.2) is 76.6 Å². The van der Waals surface area contributed by atoms with E-state index in [2.05, 4.69) is 10.1 Å². The van der Waals surface area contributed by atoms with E-state index in [1.807, 2.05) is 77.0 Å². The Labute approximate surface area is 185 Å². The third-order valence-electron chi connectivity index (χ3n) is 4.84. The zero-order valence-electron chi connectivity index (χ0n) is 17.2. The maximum Gasteiger partial charge on any atom is 0.259 e.